The summed E-state index contributed by atoms with van der Waals surface area (Å²) in [5, 5.41) is 9.61. The Bertz CT molecular complexity index is 1060. The van der Waals surface area contributed by atoms with E-state index in [9.17, 15) is 4.79 Å². The molecule has 29 heavy (non-hydrogen) atoms. The molecule has 0 unspecified atom stereocenters. The van der Waals surface area contributed by atoms with Gasteiger partial charge in [0.15, 0.2) is 5.78 Å². The number of aromatic nitrogens is 1. The number of carbonyl (C=O) groups is 1. The number of allylic oxidation sites excluding steroid dienone is 2. The number of aliphatic hydroxyl groups excluding tert-OH is 1. The van der Waals surface area contributed by atoms with Gasteiger partial charge in [-0.3, -0.25) is 9.78 Å². The molecule has 1 radical (unpaired) electrons. The molecule has 0 spiro atoms. The molecule has 0 atom stereocenters. The molecule has 3 rings (SSSR count). The zero-order valence-corrected chi connectivity index (χ0v) is 20.5. The Morgan fingerprint density at radius 2 is 1.66 bits per heavy atom. The third-order valence-electron chi connectivity index (χ3n) is 4.79. The van der Waals surface area contributed by atoms with Crippen LogP contribution < -0.4 is 0 Å². The van der Waals surface area contributed by atoms with Crippen LogP contribution in [0.5, 0.6) is 0 Å². The van der Waals surface area contributed by atoms with Gasteiger partial charge in [-0.05, 0) is 63.1 Å². The van der Waals surface area contributed by atoms with E-state index in [2.05, 4.69) is 65.0 Å². The van der Waals surface area contributed by atoms with E-state index in [0.29, 0.717) is 0 Å². The molecule has 0 saturated carbocycles. The van der Waals surface area contributed by atoms with Gasteiger partial charge in [0, 0.05) is 31.6 Å². The molecule has 155 valence electrons. The molecule has 2 aromatic carbocycles. The predicted molar refractivity (Wildman–Crippen MR) is 117 cm³/mol. The summed E-state index contributed by atoms with van der Waals surface area (Å²) in [5.41, 5.74) is 9.61. The van der Waals surface area contributed by atoms with E-state index in [4.69, 9.17) is 10.1 Å². The van der Waals surface area contributed by atoms with Gasteiger partial charge in [0.2, 0.25) is 0 Å². The number of hydrogen-bond donors (Lipinski definition) is 1. The van der Waals surface area contributed by atoms with Gasteiger partial charge in [-0.1, -0.05) is 26.0 Å². The van der Waals surface area contributed by atoms with Gasteiger partial charge in [0.25, 0.3) is 0 Å². The van der Waals surface area contributed by atoms with Crippen molar-refractivity contribution in [1.29, 1.82) is 0 Å². The van der Waals surface area contributed by atoms with Crippen LogP contribution in [0.2, 0.25) is 0 Å². The number of benzene rings is 2. The van der Waals surface area contributed by atoms with Gasteiger partial charge in [-0.15, -0.1) is 34.9 Å². The molecule has 1 aromatic heterocycles. The largest absolute Gasteiger partial charge is 0.512 e. The minimum absolute atomic E-state index is 0. The number of aryl methyl sites for hydroxylation is 4. The minimum atomic E-state index is -0.125. The van der Waals surface area contributed by atoms with Crippen molar-refractivity contribution in [1.82, 2.24) is 4.98 Å². The van der Waals surface area contributed by atoms with Gasteiger partial charge in [-0.25, -0.2) is 0 Å². The first-order valence-electron chi connectivity index (χ1n) is 9.35. The Labute approximate surface area is 187 Å². The summed E-state index contributed by atoms with van der Waals surface area (Å²) < 4.78 is 0. The van der Waals surface area contributed by atoms with Crippen LogP contribution in [0.15, 0.2) is 42.2 Å². The van der Waals surface area contributed by atoms with E-state index in [1.54, 1.807) is 0 Å². The zero-order valence-electron chi connectivity index (χ0n) is 18.1. The summed E-state index contributed by atoms with van der Waals surface area (Å²) in [5.74, 6) is -0.0625. The number of carbonyl (C=O) groups excluding carboxylic acids is 1. The molecule has 0 bridgehead atoms. The van der Waals surface area contributed by atoms with Crippen molar-refractivity contribution in [3.63, 3.8) is 0 Å². The van der Waals surface area contributed by atoms with Crippen LogP contribution in [0.25, 0.3) is 22.2 Å². The van der Waals surface area contributed by atoms with E-state index in [1.165, 1.54) is 53.1 Å². The van der Waals surface area contributed by atoms with Gasteiger partial charge in [0.05, 0.1) is 11.3 Å². The molecule has 4 heteroatoms. The molecule has 3 nitrogen and oxygen atoms in total. The first-order chi connectivity index (χ1) is 13.1. The van der Waals surface area contributed by atoms with Crippen LogP contribution in [-0.4, -0.2) is 15.9 Å². The molecule has 0 aliphatic carbocycles. The number of ketones is 1. The molecule has 0 saturated heterocycles. The van der Waals surface area contributed by atoms with E-state index in [0.717, 1.165) is 16.8 Å². The fraction of sp³-hybridized carbons (Fsp3) is 0.280. The number of pyridine rings is 1. The summed E-state index contributed by atoms with van der Waals surface area (Å²) >= 11 is 0. The summed E-state index contributed by atoms with van der Waals surface area (Å²) in [4.78, 5) is 14.9. The molecule has 0 amide bonds. The maximum absolute atomic E-state index is 10.0. The summed E-state index contributed by atoms with van der Waals surface area (Å²) in [6.07, 6.45) is 1.17. The van der Waals surface area contributed by atoms with Crippen molar-refractivity contribution < 1.29 is 30.0 Å². The number of rotatable bonds is 2. The molecule has 0 fully saturated rings. The van der Waals surface area contributed by atoms with Crippen molar-refractivity contribution in [2.45, 2.75) is 48.5 Å². The van der Waals surface area contributed by atoms with E-state index in [1.807, 2.05) is 6.07 Å². The monoisotopic (exact) mass is 567 g/mol. The molecular formula is C25H28IrNO2-. The normalized spacial score (nSPS) is 10.8. The van der Waals surface area contributed by atoms with E-state index >= 15 is 0 Å². The van der Waals surface area contributed by atoms with Gasteiger partial charge < -0.3 is 5.11 Å². The molecule has 1 heterocycles. The number of aliphatic hydroxyl groups is 1. The second-order valence-electron chi connectivity index (χ2n) is 7.34. The van der Waals surface area contributed by atoms with Crippen LogP contribution in [0.3, 0.4) is 0 Å². The Hall–Kier alpha value is -2.29. The van der Waals surface area contributed by atoms with E-state index in [-0.39, 0.29) is 31.6 Å². The smallest absolute Gasteiger partial charge is 0.155 e. The van der Waals surface area contributed by atoms with Gasteiger partial charge >= 0.3 is 0 Å². The first-order valence-corrected chi connectivity index (χ1v) is 9.35. The summed E-state index contributed by atoms with van der Waals surface area (Å²) in [7, 11) is 0. The first kappa shape index (κ1) is 24.7. The fourth-order valence-electron chi connectivity index (χ4n) is 3.18. The zero-order chi connectivity index (χ0) is 21.0. The topological polar surface area (TPSA) is 50.2 Å². The Morgan fingerprint density at radius 1 is 1.00 bits per heavy atom. The van der Waals surface area contributed by atoms with Gasteiger partial charge in [-0.2, -0.15) is 0 Å². The second-order valence-corrected chi connectivity index (χ2v) is 7.34. The number of nitrogens with zero attached hydrogens (tertiary/aromatic N) is 1. The van der Waals surface area contributed by atoms with Crippen LogP contribution in [-0.2, 0) is 24.9 Å². The third-order valence-corrected chi connectivity index (χ3v) is 4.79. The van der Waals surface area contributed by atoms with Gasteiger partial charge in [0.1, 0.15) is 0 Å². The number of fused-ring (bicyclic) bond motifs is 1. The standard InChI is InChI=1S/C20H20N.C5H8O2.Ir/c1-12-6-7-17(14(3)10-12)19-9-8-18-16(5)15(4)13(2)11-20(18)21-19;1-4(6)3-5(2)7;/h6,8-11H,1-5H3;3,6H,1-2H3;/q-1;;/b;4-3-;. The number of hydrogen-bond acceptors (Lipinski definition) is 3. The quantitative estimate of drug-likeness (QED) is 0.226. The Morgan fingerprint density at radius 3 is 2.17 bits per heavy atom. The summed E-state index contributed by atoms with van der Waals surface area (Å²) in [6.45, 7) is 13.6. The molecule has 1 N–H and O–H groups in total. The maximum atomic E-state index is 10.0. The maximum Gasteiger partial charge on any atom is 0.155 e. The SMILES string of the molecule is CC(=O)/C=C(/C)O.Cc1c[c-]c(-c2ccc3c(C)c(C)c(C)cc3n2)c(C)c1.[Ir]. The van der Waals surface area contributed by atoms with Crippen LogP contribution in [0.1, 0.15) is 41.7 Å². The van der Waals surface area contributed by atoms with Crippen LogP contribution in [0, 0.1) is 40.7 Å². The third kappa shape index (κ3) is 6.35. The Kier molecular flexibility index (Phi) is 8.94. The summed E-state index contributed by atoms with van der Waals surface area (Å²) in [6, 6.07) is 14.1. The van der Waals surface area contributed by atoms with Crippen molar-refractivity contribution in [2.24, 2.45) is 0 Å². The van der Waals surface area contributed by atoms with Crippen LogP contribution in [0.4, 0.5) is 0 Å². The average molecular weight is 567 g/mol. The van der Waals surface area contributed by atoms with E-state index < -0.39 is 0 Å². The molecule has 3 aromatic rings. The van der Waals surface area contributed by atoms with Crippen molar-refractivity contribution in [3.8, 4) is 11.3 Å². The van der Waals surface area contributed by atoms with Crippen molar-refractivity contribution >= 4 is 16.7 Å². The second kappa shape index (κ2) is 10.5. The van der Waals surface area contributed by atoms with Crippen molar-refractivity contribution in [2.75, 3.05) is 0 Å². The molecular weight excluding hydrogens is 538 g/mol. The molecule has 0 aliphatic rings. The fourth-order valence-corrected chi connectivity index (χ4v) is 3.18. The predicted octanol–water partition coefficient (Wildman–Crippen LogP) is 6.28. The van der Waals surface area contributed by atoms with Crippen LogP contribution >= 0.6 is 0 Å². The minimum Gasteiger partial charge on any atom is -0.512 e. The van der Waals surface area contributed by atoms with Crippen molar-refractivity contribution in [3.05, 3.63) is 76.1 Å². The average Bonchev–Trinajstić information content (AvgIpc) is 2.59. The Balaban J connectivity index is 0.000000456. The molecule has 0 aliphatic heterocycles.